The molecule has 0 spiro atoms. The number of unbranched alkanes of at least 4 members (excludes halogenated alkanes) is 1. The third kappa shape index (κ3) is 6.40. The molecule has 0 radical (unpaired) electrons. The van der Waals surface area contributed by atoms with E-state index >= 15 is 0 Å². The van der Waals surface area contributed by atoms with Crippen molar-refractivity contribution >= 4 is 12.3 Å². The maximum absolute atomic E-state index is 10.7. The average molecular weight is 230 g/mol. The molecule has 0 aliphatic heterocycles. The molecule has 0 aliphatic rings. The maximum Gasteiger partial charge on any atom is 0.245 e. The van der Waals surface area contributed by atoms with Crippen LogP contribution in [0, 0.1) is 0 Å². The Morgan fingerprint density at radius 3 is 2.69 bits per heavy atom. The molecule has 0 saturated carbocycles. The minimum absolute atomic E-state index is 0.283. The van der Waals surface area contributed by atoms with E-state index in [0.29, 0.717) is 6.54 Å². The van der Waals surface area contributed by atoms with Gasteiger partial charge in [0.1, 0.15) is 6.61 Å². The van der Waals surface area contributed by atoms with Crippen LogP contribution in [-0.4, -0.2) is 48.6 Å². The summed E-state index contributed by atoms with van der Waals surface area (Å²) >= 11 is 0. The highest BCUT2D eigenvalue weighted by atomic mass is 16.3. The highest BCUT2D eigenvalue weighted by molar-refractivity contribution is 5.76. The van der Waals surface area contributed by atoms with Gasteiger partial charge in [0.05, 0.1) is 0 Å². The second-order valence-corrected chi connectivity index (χ2v) is 3.84. The van der Waals surface area contributed by atoms with Crippen LogP contribution in [0.5, 0.6) is 0 Å². The van der Waals surface area contributed by atoms with Crippen LogP contribution in [0.15, 0.2) is 0 Å². The molecule has 16 heavy (non-hydrogen) atoms. The molecular weight excluding hydrogens is 208 g/mol. The van der Waals surface area contributed by atoms with Crippen LogP contribution in [0.4, 0.5) is 0 Å². The van der Waals surface area contributed by atoms with Gasteiger partial charge in [0.15, 0.2) is 0 Å². The molecule has 2 amide bonds. The van der Waals surface area contributed by atoms with Crippen molar-refractivity contribution in [1.29, 1.82) is 0 Å². The number of hydrogen-bond donors (Lipinski definition) is 2. The smallest absolute Gasteiger partial charge is 0.245 e. The van der Waals surface area contributed by atoms with Gasteiger partial charge < -0.3 is 15.3 Å². The number of nitrogens with one attached hydrogen (secondary N) is 1. The van der Waals surface area contributed by atoms with E-state index in [0.717, 1.165) is 32.1 Å². The summed E-state index contributed by atoms with van der Waals surface area (Å²) in [5, 5.41) is 11.1. The number of carbonyl (C=O) groups is 2. The molecule has 5 heteroatoms. The number of aliphatic hydroxyl groups excluding tert-OH is 1. The molecule has 0 aromatic carbocycles. The second-order valence-electron chi connectivity index (χ2n) is 3.84. The SMILES string of the molecule is CCC(CCCCNC(=O)CO)N(C)C=O. The standard InChI is InChI=1S/C11H22N2O3/c1-3-10(13(2)9-15)6-4-5-7-12-11(16)8-14/h9-10,14H,3-8H2,1-2H3,(H,12,16). The number of nitrogens with zero attached hydrogens (tertiary/aromatic N) is 1. The first-order valence-corrected chi connectivity index (χ1v) is 5.70. The van der Waals surface area contributed by atoms with Crippen molar-refractivity contribution in [3.63, 3.8) is 0 Å². The van der Waals surface area contributed by atoms with Gasteiger partial charge in [0.2, 0.25) is 12.3 Å². The van der Waals surface area contributed by atoms with E-state index in [1.807, 2.05) is 0 Å². The Morgan fingerprint density at radius 2 is 2.19 bits per heavy atom. The van der Waals surface area contributed by atoms with Crippen LogP contribution in [0.1, 0.15) is 32.6 Å². The molecule has 94 valence electrons. The molecule has 0 aromatic heterocycles. The molecule has 0 fully saturated rings. The number of carbonyl (C=O) groups excluding carboxylic acids is 2. The number of rotatable bonds is 9. The third-order valence-electron chi connectivity index (χ3n) is 2.64. The molecule has 0 saturated heterocycles. The molecule has 2 N–H and O–H groups in total. The zero-order chi connectivity index (χ0) is 12.4. The van der Waals surface area contributed by atoms with Crippen molar-refractivity contribution < 1.29 is 14.7 Å². The first-order valence-electron chi connectivity index (χ1n) is 5.70. The molecule has 0 aliphatic carbocycles. The van der Waals surface area contributed by atoms with E-state index < -0.39 is 6.61 Å². The summed E-state index contributed by atoms with van der Waals surface area (Å²) in [7, 11) is 1.79. The zero-order valence-electron chi connectivity index (χ0n) is 10.1. The Kier molecular flexibility index (Phi) is 8.52. The highest BCUT2D eigenvalue weighted by Crippen LogP contribution is 2.08. The summed E-state index contributed by atoms with van der Waals surface area (Å²) in [5.74, 6) is -0.336. The highest BCUT2D eigenvalue weighted by Gasteiger charge is 2.09. The van der Waals surface area contributed by atoms with Gasteiger partial charge in [0.25, 0.3) is 0 Å². The molecule has 0 rings (SSSR count). The monoisotopic (exact) mass is 230 g/mol. The molecule has 1 unspecified atom stereocenters. The molecular formula is C11H22N2O3. The topological polar surface area (TPSA) is 69.6 Å². The van der Waals surface area contributed by atoms with E-state index in [1.165, 1.54) is 0 Å². The van der Waals surface area contributed by atoms with Gasteiger partial charge in [-0.2, -0.15) is 0 Å². The van der Waals surface area contributed by atoms with E-state index in [4.69, 9.17) is 5.11 Å². The van der Waals surface area contributed by atoms with Gasteiger partial charge >= 0.3 is 0 Å². The fourth-order valence-corrected chi connectivity index (χ4v) is 1.57. The Hall–Kier alpha value is -1.10. The lowest BCUT2D eigenvalue weighted by molar-refractivity contribution is -0.123. The lowest BCUT2D eigenvalue weighted by Gasteiger charge is -2.23. The van der Waals surface area contributed by atoms with Crippen LogP contribution in [0.25, 0.3) is 0 Å². The van der Waals surface area contributed by atoms with Gasteiger partial charge in [-0.1, -0.05) is 6.92 Å². The first-order chi connectivity index (χ1) is 7.65. The molecule has 0 heterocycles. The summed E-state index contributed by atoms with van der Waals surface area (Å²) in [4.78, 5) is 23.0. The fourth-order valence-electron chi connectivity index (χ4n) is 1.57. The van der Waals surface area contributed by atoms with Crippen molar-refractivity contribution in [3.8, 4) is 0 Å². The molecule has 1 atom stereocenters. The number of aliphatic hydroxyl groups is 1. The van der Waals surface area contributed by atoms with Gasteiger partial charge in [0, 0.05) is 19.6 Å². The fraction of sp³-hybridized carbons (Fsp3) is 0.818. The van der Waals surface area contributed by atoms with Gasteiger partial charge in [-0.05, 0) is 25.7 Å². The van der Waals surface area contributed by atoms with Crippen LogP contribution >= 0.6 is 0 Å². The average Bonchev–Trinajstić information content (AvgIpc) is 2.32. The minimum Gasteiger partial charge on any atom is -0.387 e. The van der Waals surface area contributed by atoms with Crippen molar-refractivity contribution in [2.24, 2.45) is 0 Å². The summed E-state index contributed by atoms with van der Waals surface area (Å²) in [6, 6.07) is 0.283. The van der Waals surface area contributed by atoms with Gasteiger partial charge in [-0.3, -0.25) is 9.59 Å². The van der Waals surface area contributed by atoms with Gasteiger partial charge in [-0.15, -0.1) is 0 Å². The van der Waals surface area contributed by atoms with E-state index in [9.17, 15) is 9.59 Å². The molecule has 0 aromatic rings. The first kappa shape index (κ1) is 14.9. The van der Waals surface area contributed by atoms with Crippen LogP contribution in [-0.2, 0) is 9.59 Å². The Morgan fingerprint density at radius 1 is 1.50 bits per heavy atom. The third-order valence-corrected chi connectivity index (χ3v) is 2.64. The largest absolute Gasteiger partial charge is 0.387 e. The Balaban J connectivity index is 3.55. The normalized spacial score (nSPS) is 11.9. The van der Waals surface area contributed by atoms with Crippen LogP contribution in [0.2, 0.25) is 0 Å². The summed E-state index contributed by atoms with van der Waals surface area (Å²) < 4.78 is 0. The Bertz CT molecular complexity index is 209. The number of hydrogen-bond acceptors (Lipinski definition) is 3. The predicted molar refractivity (Wildman–Crippen MR) is 61.9 cm³/mol. The van der Waals surface area contributed by atoms with Crippen molar-refractivity contribution in [1.82, 2.24) is 10.2 Å². The zero-order valence-corrected chi connectivity index (χ0v) is 10.1. The quantitative estimate of drug-likeness (QED) is 0.437. The van der Waals surface area contributed by atoms with Gasteiger partial charge in [-0.25, -0.2) is 0 Å². The van der Waals surface area contributed by atoms with Crippen molar-refractivity contribution in [2.45, 2.75) is 38.6 Å². The van der Waals surface area contributed by atoms with Crippen LogP contribution in [0.3, 0.4) is 0 Å². The predicted octanol–water partition coefficient (Wildman–Crippen LogP) is 0.132. The summed E-state index contributed by atoms with van der Waals surface area (Å²) in [6.07, 6.45) is 4.57. The Labute approximate surface area is 96.8 Å². The van der Waals surface area contributed by atoms with Crippen molar-refractivity contribution in [2.75, 3.05) is 20.2 Å². The summed E-state index contributed by atoms with van der Waals surface area (Å²) in [5.41, 5.74) is 0. The van der Waals surface area contributed by atoms with E-state index in [-0.39, 0.29) is 11.9 Å². The van der Waals surface area contributed by atoms with E-state index in [1.54, 1.807) is 11.9 Å². The maximum atomic E-state index is 10.7. The molecule has 5 nitrogen and oxygen atoms in total. The lowest BCUT2D eigenvalue weighted by Crippen LogP contribution is -2.30. The summed E-state index contributed by atoms with van der Waals surface area (Å²) in [6.45, 7) is 2.18. The number of amides is 2. The minimum atomic E-state index is -0.453. The van der Waals surface area contributed by atoms with Crippen molar-refractivity contribution in [3.05, 3.63) is 0 Å². The lowest BCUT2D eigenvalue weighted by atomic mass is 10.1. The second kappa shape index (κ2) is 9.15. The van der Waals surface area contributed by atoms with E-state index in [2.05, 4.69) is 12.2 Å². The van der Waals surface area contributed by atoms with Crippen LogP contribution < -0.4 is 5.32 Å². The molecule has 0 bridgehead atoms.